The predicted octanol–water partition coefficient (Wildman–Crippen LogP) is 4.07. The van der Waals surface area contributed by atoms with Crippen LogP contribution in [0.1, 0.15) is 0 Å². The van der Waals surface area contributed by atoms with Crippen molar-refractivity contribution in [2.24, 2.45) is 0 Å². The van der Waals surface area contributed by atoms with Crippen molar-refractivity contribution in [3.8, 4) is 0 Å². The minimum absolute atomic E-state index is 0.272. The van der Waals surface area contributed by atoms with Crippen molar-refractivity contribution in [3.63, 3.8) is 0 Å². The first kappa shape index (κ1) is 11.6. The molecule has 0 saturated carbocycles. The standard InChI is InChI=1S/C10H5Cl2FN2S/c11-9-5-8(10(12)15-14-9)16-7-3-1-6(13)2-4-7/h1-5H. The van der Waals surface area contributed by atoms with E-state index < -0.39 is 0 Å². The summed E-state index contributed by atoms with van der Waals surface area (Å²) in [7, 11) is 0. The molecular formula is C10H5Cl2FN2S. The van der Waals surface area contributed by atoms with Crippen LogP contribution in [0, 0.1) is 5.82 Å². The molecule has 0 fully saturated rings. The Morgan fingerprint density at radius 3 is 2.44 bits per heavy atom. The summed E-state index contributed by atoms with van der Waals surface area (Å²) in [6.07, 6.45) is 0. The summed E-state index contributed by atoms with van der Waals surface area (Å²) >= 11 is 12.9. The molecule has 6 heteroatoms. The number of halogens is 3. The molecule has 1 aromatic heterocycles. The minimum Gasteiger partial charge on any atom is -0.207 e. The monoisotopic (exact) mass is 274 g/mol. The minimum atomic E-state index is -0.277. The number of rotatable bonds is 2. The lowest BCUT2D eigenvalue weighted by Gasteiger charge is -2.02. The van der Waals surface area contributed by atoms with Crippen molar-refractivity contribution >= 4 is 35.0 Å². The quantitative estimate of drug-likeness (QED) is 0.826. The summed E-state index contributed by atoms with van der Waals surface area (Å²) in [5, 5.41) is 7.84. The average molecular weight is 275 g/mol. The fraction of sp³-hybridized carbons (Fsp3) is 0. The Morgan fingerprint density at radius 1 is 1.06 bits per heavy atom. The lowest BCUT2D eigenvalue weighted by atomic mass is 10.4. The Balaban J connectivity index is 2.26. The van der Waals surface area contributed by atoms with Gasteiger partial charge in [-0.25, -0.2) is 4.39 Å². The summed E-state index contributed by atoms with van der Waals surface area (Å²) in [5.41, 5.74) is 0. The molecule has 2 aromatic rings. The third kappa shape index (κ3) is 2.84. The van der Waals surface area contributed by atoms with Crippen LogP contribution in [0.25, 0.3) is 0 Å². The number of aromatic nitrogens is 2. The van der Waals surface area contributed by atoms with Crippen LogP contribution in [0.3, 0.4) is 0 Å². The Hall–Kier alpha value is -0.840. The van der Waals surface area contributed by atoms with Crippen LogP contribution in [0.15, 0.2) is 40.1 Å². The number of hydrogen-bond donors (Lipinski definition) is 0. The van der Waals surface area contributed by atoms with Gasteiger partial charge in [0, 0.05) is 4.90 Å². The molecule has 1 heterocycles. The second-order valence-electron chi connectivity index (χ2n) is 2.88. The highest BCUT2D eigenvalue weighted by Crippen LogP contribution is 2.32. The molecular weight excluding hydrogens is 270 g/mol. The molecule has 1 aromatic carbocycles. The molecule has 0 saturated heterocycles. The SMILES string of the molecule is Fc1ccc(Sc2cc(Cl)nnc2Cl)cc1. The van der Waals surface area contributed by atoms with Gasteiger partial charge in [-0.15, -0.1) is 10.2 Å². The van der Waals surface area contributed by atoms with E-state index in [2.05, 4.69) is 10.2 Å². The largest absolute Gasteiger partial charge is 0.207 e. The van der Waals surface area contributed by atoms with Gasteiger partial charge in [0.1, 0.15) is 5.82 Å². The molecule has 2 nitrogen and oxygen atoms in total. The number of hydrogen-bond acceptors (Lipinski definition) is 3. The highest BCUT2D eigenvalue weighted by Gasteiger charge is 2.06. The Labute approximate surface area is 106 Å². The maximum Gasteiger partial charge on any atom is 0.165 e. The molecule has 82 valence electrons. The zero-order valence-electron chi connectivity index (χ0n) is 7.82. The summed E-state index contributed by atoms with van der Waals surface area (Å²) in [4.78, 5) is 1.54. The summed E-state index contributed by atoms with van der Waals surface area (Å²) in [5.74, 6) is -0.277. The van der Waals surface area contributed by atoms with Crippen LogP contribution in [0.4, 0.5) is 4.39 Å². The number of benzene rings is 1. The van der Waals surface area contributed by atoms with Crippen molar-refractivity contribution in [3.05, 3.63) is 46.5 Å². The van der Waals surface area contributed by atoms with Crippen molar-refractivity contribution < 1.29 is 4.39 Å². The highest BCUT2D eigenvalue weighted by molar-refractivity contribution is 7.99. The van der Waals surface area contributed by atoms with Crippen molar-refractivity contribution in [2.45, 2.75) is 9.79 Å². The van der Waals surface area contributed by atoms with Gasteiger partial charge in [-0.3, -0.25) is 0 Å². The maximum atomic E-state index is 12.7. The molecule has 0 bridgehead atoms. The van der Waals surface area contributed by atoms with E-state index >= 15 is 0 Å². The maximum absolute atomic E-state index is 12.7. The van der Waals surface area contributed by atoms with E-state index in [4.69, 9.17) is 23.2 Å². The summed E-state index contributed by atoms with van der Waals surface area (Å²) < 4.78 is 12.7. The first-order valence-corrected chi connectivity index (χ1v) is 5.84. The zero-order valence-corrected chi connectivity index (χ0v) is 10.2. The van der Waals surface area contributed by atoms with Crippen molar-refractivity contribution in [1.82, 2.24) is 10.2 Å². The van der Waals surface area contributed by atoms with Crippen LogP contribution in [0.2, 0.25) is 10.3 Å². The first-order chi connectivity index (χ1) is 7.65. The van der Waals surface area contributed by atoms with Gasteiger partial charge in [-0.2, -0.15) is 0 Å². The molecule has 2 rings (SSSR count). The van der Waals surface area contributed by atoms with E-state index in [1.165, 1.54) is 23.9 Å². The van der Waals surface area contributed by atoms with Crippen LogP contribution >= 0.6 is 35.0 Å². The van der Waals surface area contributed by atoms with Gasteiger partial charge in [0.25, 0.3) is 0 Å². The summed E-state index contributed by atoms with van der Waals surface area (Å²) in [6.45, 7) is 0. The third-order valence-corrected chi connectivity index (χ3v) is 3.34. The van der Waals surface area contributed by atoms with Crippen LogP contribution in [0.5, 0.6) is 0 Å². The van der Waals surface area contributed by atoms with E-state index in [-0.39, 0.29) is 16.1 Å². The van der Waals surface area contributed by atoms with Gasteiger partial charge in [0.2, 0.25) is 0 Å². The summed E-state index contributed by atoms with van der Waals surface area (Å²) in [6, 6.07) is 7.69. The second-order valence-corrected chi connectivity index (χ2v) is 4.74. The Bertz CT molecular complexity index is 505. The van der Waals surface area contributed by atoms with Gasteiger partial charge in [-0.1, -0.05) is 35.0 Å². The lowest BCUT2D eigenvalue weighted by Crippen LogP contribution is -1.86. The molecule has 0 aliphatic rings. The smallest absolute Gasteiger partial charge is 0.165 e. The topological polar surface area (TPSA) is 25.8 Å². The zero-order chi connectivity index (χ0) is 11.5. The highest BCUT2D eigenvalue weighted by atomic mass is 35.5. The van der Waals surface area contributed by atoms with Gasteiger partial charge >= 0.3 is 0 Å². The second kappa shape index (κ2) is 4.99. The predicted molar refractivity (Wildman–Crippen MR) is 62.6 cm³/mol. The van der Waals surface area contributed by atoms with E-state index in [1.807, 2.05) is 0 Å². The third-order valence-electron chi connectivity index (χ3n) is 1.73. The van der Waals surface area contributed by atoms with E-state index in [1.54, 1.807) is 18.2 Å². The Kier molecular flexibility index (Phi) is 3.63. The van der Waals surface area contributed by atoms with Crippen LogP contribution in [-0.2, 0) is 0 Å². The fourth-order valence-electron chi connectivity index (χ4n) is 1.04. The van der Waals surface area contributed by atoms with Crippen molar-refractivity contribution in [2.75, 3.05) is 0 Å². The van der Waals surface area contributed by atoms with Gasteiger partial charge in [0.15, 0.2) is 10.3 Å². The molecule has 0 unspecified atom stereocenters. The molecule has 0 aliphatic heterocycles. The van der Waals surface area contributed by atoms with E-state index in [0.717, 1.165) is 4.90 Å². The molecule has 0 N–H and O–H groups in total. The Morgan fingerprint density at radius 2 is 1.75 bits per heavy atom. The van der Waals surface area contributed by atoms with Gasteiger partial charge in [-0.05, 0) is 30.3 Å². The average Bonchev–Trinajstić information content (AvgIpc) is 2.27. The van der Waals surface area contributed by atoms with Crippen LogP contribution in [-0.4, -0.2) is 10.2 Å². The first-order valence-electron chi connectivity index (χ1n) is 4.27. The fourth-order valence-corrected chi connectivity index (χ4v) is 2.28. The molecule has 0 amide bonds. The van der Waals surface area contributed by atoms with Crippen molar-refractivity contribution in [1.29, 1.82) is 0 Å². The molecule has 0 radical (unpaired) electrons. The van der Waals surface area contributed by atoms with E-state index in [9.17, 15) is 4.39 Å². The molecule has 0 aliphatic carbocycles. The van der Waals surface area contributed by atoms with E-state index in [0.29, 0.717) is 4.90 Å². The molecule has 16 heavy (non-hydrogen) atoms. The number of nitrogens with zero attached hydrogens (tertiary/aromatic N) is 2. The lowest BCUT2D eigenvalue weighted by molar-refractivity contribution is 0.626. The van der Waals surface area contributed by atoms with Crippen LogP contribution < -0.4 is 0 Å². The normalized spacial score (nSPS) is 10.4. The molecule has 0 spiro atoms. The van der Waals surface area contributed by atoms with Gasteiger partial charge in [0.05, 0.1) is 4.90 Å². The molecule has 0 atom stereocenters. The van der Waals surface area contributed by atoms with Gasteiger partial charge < -0.3 is 0 Å².